The maximum absolute atomic E-state index is 12.3. The minimum atomic E-state index is -0.524. The zero-order chi connectivity index (χ0) is 17.6. The van der Waals surface area contributed by atoms with E-state index in [4.69, 9.17) is 4.42 Å². The van der Waals surface area contributed by atoms with E-state index < -0.39 is 5.91 Å². The second-order valence-corrected chi connectivity index (χ2v) is 5.79. The standard InChI is InChI=1S/C18H14N4O3/c1-9-3-5-13-12(7-9)16(18(24)20-13)21-22-17(23)11-4-6-15-14(8-11)19-10(2)25-15/h3-8,20,24H,1-2H3. The highest BCUT2D eigenvalue weighted by Crippen LogP contribution is 2.36. The second-order valence-electron chi connectivity index (χ2n) is 5.79. The summed E-state index contributed by atoms with van der Waals surface area (Å²) in [5.41, 5.74) is 3.52. The number of nitrogens with zero attached hydrogens (tertiary/aromatic N) is 3. The van der Waals surface area contributed by atoms with Crippen LogP contribution in [-0.2, 0) is 0 Å². The maximum atomic E-state index is 12.3. The molecule has 7 nitrogen and oxygen atoms in total. The molecule has 4 aromatic rings. The molecule has 1 amide bonds. The first-order valence-electron chi connectivity index (χ1n) is 7.66. The number of fused-ring (bicyclic) bond motifs is 2. The number of azo groups is 1. The summed E-state index contributed by atoms with van der Waals surface area (Å²) < 4.78 is 5.38. The minimum Gasteiger partial charge on any atom is -0.493 e. The van der Waals surface area contributed by atoms with Crippen LogP contribution in [0.5, 0.6) is 5.88 Å². The van der Waals surface area contributed by atoms with Crippen molar-refractivity contribution in [2.45, 2.75) is 13.8 Å². The van der Waals surface area contributed by atoms with Crippen molar-refractivity contribution in [3.63, 3.8) is 0 Å². The summed E-state index contributed by atoms with van der Waals surface area (Å²) in [6, 6.07) is 10.5. The van der Waals surface area contributed by atoms with Crippen LogP contribution in [0.3, 0.4) is 0 Å². The molecule has 0 spiro atoms. The van der Waals surface area contributed by atoms with Crippen LogP contribution < -0.4 is 0 Å². The van der Waals surface area contributed by atoms with Gasteiger partial charge in [0.25, 0.3) is 5.91 Å². The molecule has 7 heteroatoms. The Morgan fingerprint density at radius 3 is 2.88 bits per heavy atom. The van der Waals surface area contributed by atoms with Crippen molar-refractivity contribution in [1.29, 1.82) is 0 Å². The summed E-state index contributed by atoms with van der Waals surface area (Å²) in [5.74, 6) is -0.121. The molecule has 0 fully saturated rings. The van der Waals surface area contributed by atoms with Gasteiger partial charge in [-0.05, 0) is 37.3 Å². The van der Waals surface area contributed by atoms with Crippen molar-refractivity contribution in [2.75, 3.05) is 0 Å². The number of oxazole rings is 1. The molecular formula is C18H14N4O3. The molecule has 124 valence electrons. The van der Waals surface area contributed by atoms with E-state index in [1.54, 1.807) is 25.1 Å². The molecule has 0 radical (unpaired) electrons. The van der Waals surface area contributed by atoms with E-state index in [-0.39, 0.29) is 11.6 Å². The third kappa shape index (κ3) is 2.65. The Morgan fingerprint density at radius 1 is 1.20 bits per heavy atom. The molecule has 0 aliphatic rings. The highest BCUT2D eigenvalue weighted by atomic mass is 16.3. The fourth-order valence-electron chi connectivity index (χ4n) is 2.71. The summed E-state index contributed by atoms with van der Waals surface area (Å²) in [6.45, 7) is 3.67. The number of nitrogens with one attached hydrogen (secondary N) is 1. The zero-order valence-electron chi connectivity index (χ0n) is 13.6. The number of aromatic amines is 1. The largest absolute Gasteiger partial charge is 0.493 e. The van der Waals surface area contributed by atoms with Crippen LogP contribution >= 0.6 is 0 Å². The summed E-state index contributed by atoms with van der Waals surface area (Å²) in [5, 5.41) is 18.4. The predicted octanol–water partition coefficient (Wildman–Crippen LogP) is 4.56. The molecule has 2 heterocycles. The van der Waals surface area contributed by atoms with Gasteiger partial charge in [-0.1, -0.05) is 11.6 Å². The van der Waals surface area contributed by atoms with Gasteiger partial charge in [0.2, 0.25) is 5.88 Å². The van der Waals surface area contributed by atoms with E-state index in [0.29, 0.717) is 27.9 Å². The van der Waals surface area contributed by atoms with Crippen molar-refractivity contribution in [3.05, 3.63) is 53.4 Å². The van der Waals surface area contributed by atoms with Crippen LogP contribution in [0.25, 0.3) is 22.0 Å². The number of hydrogen-bond acceptors (Lipinski definition) is 5. The summed E-state index contributed by atoms with van der Waals surface area (Å²) in [7, 11) is 0. The molecule has 0 unspecified atom stereocenters. The number of aryl methyl sites for hydroxylation is 2. The highest BCUT2D eigenvalue weighted by Gasteiger charge is 2.13. The Kier molecular flexibility index (Phi) is 3.35. The number of carbonyl (C=O) groups excluding carboxylic acids is 1. The summed E-state index contributed by atoms with van der Waals surface area (Å²) >= 11 is 0. The van der Waals surface area contributed by atoms with Gasteiger partial charge in [0.05, 0.1) is 5.52 Å². The predicted molar refractivity (Wildman–Crippen MR) is 92.3 cm³/mol. The van der Waals surface area contributed by atoms with Gasteiger partial charge in [0.1, 0.15) is 5.52 Å². The van der Waals surface area contributed by atoms with E-state index in [2.05, 4.69) is 20.2 Å². The van der Waals surface area contributed by atoms with Crippen molar-refractivity contribution < 1.29 is 14.3 Å². The molecule has 2 aromatic carbocycles. The van der Waals surface area contributed by atoms with Gasteiger partial charge in [-0.15, -0.1) is 10.2 Å². The van der Waals surface area contributed by atoms with Crippen molar-refractivity contribution in [2.24, 2.45) is 10.2 Å². The summed E-state index contributed by atoms with van der Waals surface area (Å²) in [4.78, 5) is 19.3. The Morgan fingerprint density at radius 2 is 2.04 bits per heavy atom. The van der Waals surface area contributed by atoms with Crippen LogP contribution in [0.1, 0.15) is 21.8 Å². The number of carbonyl (C=O) groups is 1. The lowest BCUT2D eigenvalue weighted by molar-refractivity contribution is 0.0995. The molecule has 2 N–H and O–H groups in total. The molecule has 4 rings (SSSR count). The van der Waals surface area contributed by atoms with Crippen molar-refractivity contribution in [1.82, 2.24) is 9.97 Å². The molecule has 0 saturated heterocycles. The number of H-pyrrole nitrogens is 1. The van der Waals surface area contributed by atoms with Gasteiger partial charge < -0.3 is 14.5 Å². The van der Waals surface area contributed by atoms with Crippen LogP contribution in [0.2, 0.25) is 0 Å². The SMILES string of the molecule is Cc1ccc2[nH]c(O)c(N=NC(=O)c3ccc4oc(C)nc4c3)c2c1. The number of amides is 1. The van der Waals surface area contributed by atoms with Gasteiger partial charge in [-0.3, -0.25) is 4.79 Å². The molecule has 0 bridgehead atoms. The Bertz CT molecular complexity index is 1150. The first-order chi connectivity index (χ1) is 12.0. The topological polar surface area (TPSA) is 104 Å². The lowest BCUT2D eigenvalue weighted by atomic mass is 10.1. The molecule has 0 atom stereocenters. The van der Waals surface area contributed by atoms with Gasteiger partial charge in [-0.2, -0.15) is 0 Å². The van der Waals surface area contributed by atoms with Crippen molar-refractivity contribution in [3.8, 4) is 5.88 Å². The molecule has 0 aliphatic carbocycles. The number of rotatable bonds is 2. The normalized spacial score (nSPS) is 11.8. The van der Waals surface area contributed by atoms with Gasteiger partial charge >= 0.3 is 0 Å². The van der Waals surface area contributed by atoms with Gasteiger partial charge in [0, 0.05) is 17.9 Å². The van der Waals surface area contributed by atoms with Crippen LogP contribution in [-0.4, -0.2) is 21.0 Å². The first kappa shape index (κ1) is 15.1. The Labute approximate surface area is 142 Å². The lowest BCUT2D eigenvalue weighted by Gasteiger charge is -1.95. The van der Waals surface area contributed by atoms with E-state index in [9.17, 15) is 9.90 Å². The van der Waals surface area contributed by atoms with Gasteiger partial charge in [0.15, 0.2) is 17.2 Å². The smallest absolute Gasteiger partial charge is 0.295 e. The second kappa shape index (κ2) is 5.55. The van der Waals surface area contributed by atoms with Crippen LogP contribution in [0.4, 0.5) is 5.69 Å². The van der Waals surface area contributed by atoms with Crippen LogP contribution in [0.15, 0.2) is 51.0 Å². The third-order valence-corrected chi connectivity index (χ3v) is 3.89. The van der Waals surface area contributed by atoms with Gasteiger partial charge in [-0.25, -0.2) is 4.98 Å². The Hall–Kier alpha value is -3.48. The lowest BCUT2D eigenvalue weighted by Crippen LogP contribution is -1.93. The average Bonchev–Trinajstić information content (AvgIpc) is 3.10. The fourth-order valence-corrected chi connectivity index (χ4v) is 2.71. The summed E-state index contributed by atoms with van der Waals surface area (Å²) in [6.07, 6.45) is 0. The number of hydrogen-bond donors (Lipinski definition) is 2. The minimum absolute atomic E-state index is 0.125. The van der Waals surface area contributed by atoms with E-state index in [0.717, 1.165) is 11.1 Å². The van der Waals surface area contributed by atoms with Crippen molar-refractivity contribution >= 4 is 33.6 Å². The zero-order valence-corrected chi connectivity index (χ0v) is 13.6. The fraction of sp³-hybridized carbons (Fsp3) is 0.111. The number of aromatic nitrogens is 2. The Balaban J connectivity index is 1.69. The molecule has 2 aromatic heterocycles. The number of benzene rings is 2. The third-order valence-electron chi connectivity index (χ3n) is 3.89. The average molecular weight is 334 g/mol. The molecule has 0 aliphatic heterocycles. The quantitative estimate of drug-likeness (QED) is 0.524. The first-order valence-corrected chi connectivity index (χ1v) is 7.66. The number of aromatic hydroxyl groups is 1. The monoisotopic (exact) mass is 334 g/mol. The molecule has 25 heavy (non-hydrogen) atoms. The molecule has 0 saturated carbocycles. The van der Waals surface area contributed by atoms with E-state index in [1.807, 2.05) is 25.1 Å². The van der Waals surface area contributed by atoms with E-state index >= 15 is 0 Å². The highest BCUT2D eigenvalue weighted by molar-refractivity contribution is 5.98. The maximum Gasteiger partial charge on any atom is 0.295 e. The van der Waals surface area contributed by atoms with E-state index in [1.165, 1.54) is 0 Å². The molecular weight excluding hydrogens is 320 g/mol. The van der Waals surface area contributed by atoms with Crippen LogP contribution in [0, 0.1) is 13.8 Å².